The molecule has 0 radical (unpaired) electrons. The first kappa shape index (κ1) is 19.2. The van der Waals surface area contributed by atoms with Crippen molar-refractivity contribution in [1.82, 2.24) is 0 Å². The molecule has 0 bridgehead atoms. The number of hydrogen-bond donors (Lipinski definition) is 0. The number of hydrogen-bond acceptors (Lipinski definition) is 3. The molecular formula is C22H15F3N2O. The summed E-state index contributed by atoms with van der Waals surface area (Å²) in [5.41, 5.74) is 0.916. The first-order valence-corrected chi connectivity index (χ1v) is 8.38. The highest BCUT2D eigenvalue weighted by Crippen LogP contribution is 2.28. The van der Waals surface area contributed by atoms with Gasteiger partial charge in [0.15, 0.2) is 0 Å². The minimum atomic E-state index is -4.39. The third-order valence-corrected chi connectivity index (χ3v) is 3.90. The summed E-state index contributed by atoms with van der Waals surface area (Å²) < 4.78 is 37.9. The average molecular weight is 380 g/mol. The molecule has 140 valence electrons. The molecule has 0 aliphatic carbocycles. The summed E-state index contributed by atoms with van der Waals surface area (Å²) >= 11 is 0. The quantitative estimate of drug-likeness (QED) is 0.331. The summed E-state index contributed by atoms with van der Waals surface area (Å²) in [6.07, 6.45) is -3.09. The van der Waals surface area contributed by atoms with Crippen LogP contribution in [-0.4, -0.2) is 17.7 Å². The van der Waals surface area contributed by atoms with Crippen molar-refractivity contribution in [3.8, 4) is 0 Å². The maximum atomic E-state index is 12.8. The Bertz CT molecular complexity index is 993. The van der Waals surface area contributed by atoms with Gasteiger partial charge in [-0.25, -0.2) is 0 Å². The molecule has 3 aromatic rings. The highest BCUT2D eigenvalue weighted by Gasteiger charge is 2.29. The Hall–Kier alpha value is -3.54. The average Bonchev–Trinajstić information content (AvgIpc) is 2.72. The molecule has 3 aromatic carbocycles. The fourth-order valence-electron chi connectivity index (χ4n) is 2.47. The summed E-state index contributed by atoms with van der Waals surface area (Å²) in [6, 6.07) is 22.1. The van der Waals surface area contributed by atoms with Crippen LogP contribution in [0.3, 0.4) is 0 Å². The lowest BCUT2D eigenvalue weighted by Crippen LogP contribution is -2.15. The van der Waals surface area contributed by atoms with Gasteiger partial charge in [0.2, 0.25) is 5.78 Å². The van der Waals surface area contributed by atoms with Crippen molar-refractivity contribution in [3.05, 3.63) is 107 Å². The number of halogens is 3. The molecule has 6 heteroatoms. The molecule has 0 spiro atoms. The Labute approximate surface area is 159 Å². The number of carbonyl (C=O) groups excluding carboxylic acids is 1. The van der Waals surface area contributed by atoms with E-state index in [1.54, 1.807) is 54.6 Å². The fraction of sp³-hybridized carbons (Fsp3) is 0.0455. The number of carbonyl (C=O) groups is 1. The van der Waals surface area contributed by atoms with Gasteiger partial charge < -0.3 is 0 Å². The van der Waals surface area contributed by atoms with Gasteiger partial charge in [0.05, 0.1) is 11.8 Å². The monoisotopic (exact) mass is 380 g/mol. The van der Waals surface area contributed by atoms with Crippen molar-refractivity contribution in [2.24, 2.45) is 10.2 Å². The van der Waals surface area contributed by atoms with Crippen LogP contribution in [0.5, 0.6) is 0 Å². The van der Waals surface area contributed by atoms with Crippen LogP contribution in [-0.2, 0) is 6.18 Å². The van der Waals surface area contributed by atoms with Gasteiger partial charge in [-0.15, -0.1) is 5.10 Å². The lowest BCUT2D eigenvalue weighted by molar-refractivity contribution is -0.137. The van der Waals surface area contributed by atoms with Gasteiger partial charge in [-0.3, -0.25) is 4.79 Å². The summed E-state index contributed by atoms with van der Waals surface area (Å²) in [6.45, 7) is 0. The number of ketones is 1. The fourth-order valence-corrected chi connectivity index (χ4v) is 2.47. The predicted molar refractivity (Wildman–Crippen MR) is 103 cm³/mol. The zero-order chi connectivity index (χ0) is 20.0. The number of nitrogens with zero attached hydrogens (tertiary/aromatic N) is 2. The number of alkyl halides is 3. The SMILES string of the molecule is O=C(/C(=N/N=C\c1ccc(C(F)(F)F)cc1)c1ccccc1)c1ccccc1. The molecule has 28 heavy (non-hydrogen) atoms. The van der Waals surface area contributed by atoms with Gasteiger partial charge in [-0.05, 0) is 17.7 Å². The molecule has 0 aromatic heterocycles. The second-order valence-corrected chi connectivity index (χ2v) is 5.87. The van der Waals surface area contributed by atoms with Gasteiger partial charge in [0.25, 0.3) is 0 Å². The van der Waals surface area contributed by atoms with Crippen LogP contribution in [0.15, 0.2) is 95.1 Å². The zero-order valence-corrected chi connectivity index (χ0v) is 14.6. The molecule has 0 N–H and O–H groups in total. The maximum Gasteiger partial charge on any atom is 0.416 e. The summed E-state index contributed by atoms with van der Waals surface area (Å²) in [7, 11) is 0. The van der Waals surface area contributed by atoms with E-state index < -0.39 is 11.7 Å². The summed E-state index contributed by atoms with van der Waals surface area (Å²) in [5, 5.41) is 7.97. The van der Waals surface area contributed by atoms with Crippen LogP contribution in [0.25, 0.3) is 0 Å². The lowest BCUT2D eigenvalue weighted by Gasteiger charge is -2.06. The summed E-state index contributed by atoms with van der Waals surface area (Å²) in [5.74, 6) is -0.295. The highest BCUT2D eigenvalue weighted by atomic mass is 19.4. The first-order valence-electron chi connectivity index (χ1n) is 8.38. The van der Waals surface area contributed by atoms with Crippen molar-refractivity contribution in [3.63, 3.8) is 0 Å². The zero-order valence-electron chi connectivity index (χ0n) is 14.6. The molecule has 0 aliphatic rings. The number of Topliss-reactive ketones (excluding diaryl/α,β-unsaturated/α-hetero) is 1. The standard InChI is InChI=1S/C22H15F3N2O/c23-22(24,25)19-13-11-16(12-14-19)15-26-27-20(17-7-3-1-4-8-17)21(28)18-9-5-2-6-10-18/h1-15H/b26-15-,27-20+. The van der Waals surface area contributed by atoms with E-state index in [0.29, 0.717) is 16.7 Å². The topological polar surface area (TPSA) is 41.8 Å². The van der Waals surface area contributed by atoms with E-state index in [0.717, 1.165) is 12.1 Å². The molecule has 0 aliphatic heterocycles. The van der Waals surface area contributed by atoms with E-state index >= 15 is 0 Å². The first-order chi connectivity index (χ1) is 13.4. The molecule has 0 heterocycles. The van der Waals surface area contributed by atoms with E-state index in [1.165, 1.54) is 18.3 Å². The van der Waals surface area contributed by atoms with E-state index in [-0.39, 0.29) is 11.5 Å². The Kier molecular flexibility index (Phi) is 5.79. The molecule has 0 unspecified atom stereocenters. The minimum absolute atomic E-state index is 0.148. The molecule has 3 rings (SSSR count). The molecule has 0 amide bonds. The van der Waals surface area contributed by atoms with Crippen molar-refractivity contribution >= 4 is 17.7 Å². The van der Waals surface area contributed by atoms with Crippen molar-refractivity contribution in [2.45, 2.75) is 6.18 Å². The van der Waals surface area contributed by atoms with Crippen molar-refractivity contribution in [2.75, 3.05) is 0 Å². The van der Waals surface area contributed by atoms with E-state index in [9.17, 15) is 18.0 Å². The lowest BCUT2D eigenvalue weighted by atomic mass is 10.0. The second kappa shape index (κ2) is 8.43. The molecule has 0 saturated heterocycles. The second-order valence-electron chi connectivity index (χ2n) is 5.87. The Balaban J connectivity index is 1.89. The molecule has 0 atom stereocenters. The van der Waals surface area contributed by atoms with Gasteiger partial charge in [0, 0.05) is 11.1 Å². The van der Waals surface area contributed by atoms with Gasteiger partial charge in [0.1, 0.15) is 5.71 Å². The Morgan fingerprint density at radius 2 is 1.29 bits per heavy atom. The van der Waals surface area contributed by atoms with Crippen LogP contribution in [0.4, 0.5) is 13.2 Å². The van der Waals surface area contributed by atoms with Crippen molar-refractivity contribution < 1.29 is 18.0 Å². The third-order valence-electron chi connectivity index (χ3n) is 3.90. The molecular weight excluding hydrogens is 365 g/mol. The van der Waals surface area contributed by atoms with E-state index in [1.807, 2.05) is 6.07 Å². The summed E-state index contributed by atoms with van der Waals surface area (Å²) in [4.78, 5) is 12.8. The minimum Gasteiger partial charge on any atom is -0.287 e. The van der Waals surface area contributed by atoms with Crippen molar-refractivity contribution in [1.29, 1.82) is 0 Å². The van der Waals surface area contributed by atoms with Crippen LogP contribution in [0.1, 0.15) is 27.0 Å². The molecule has 0 fully saturated rings. The molecule has 3 nitrogen and oxygen atoms in total. The van der Waals surface area contributed by atoms with Crippen LogP contribution < -0.4 is 0 Å². The highest BCUT2D eigenvalue weighted by molar-refractivity contribution is 6.51. The predicted octanol–water partition coefficient (Wildman–Crippen LogP) is 5.41. The maximum absolute atomic E-state index is 12.8. The number of rotatable bonds is 5. The van der Waals surface area contributed by atoms with Gasteiger partial charge in [-0.1, -0.05) is 72.8 Å². The van der Waals surface area contributed by atoms with Gasteiger partial charge in [-0.2, -0.15) is 18.3 Å². The smallest absolute Gasteiger partial charge is 0.287 e. The third kappa shape index (κ3) is 4.79. The largest absolute Gasteiger partial charge is 0.416 e. The van der Waals surface area contributed by atoms with E-state index in [4.69, 9.17) is 0 Å². The Morgan fingerprint density at radius 1 is 0.750 bits per heavy atom. The van der Waals surface area contributed by atoms with E-state index in [2.05, 4.69) is 10.2 Å². The van der Waals surface area contributed by atoms with Crippen LogP contribution in [0, 0.1) is 0 Å². The van der Waals surface area contributed by atoms with Crippen LogP contribution in [0.2, 0.25) is 0 Å². The normalized spacial score (nSPS) is 12.3. The Morgan fingerprint density at radius 3 is 1.82 bits per heavy atom. The van der Waals surface area contributed by atoms with Crippen LogP contribution >= 0.6 is 0 Å². The number of benzene rings is 3. The van der Waals surface area contributed by atoms with Gasteiger partial charge >= 0.3 is 6.18 Å². The molecule has 0 saturated carbocycles.